The quantitative estimate of drug-likeness (QED) is 0.838. The van der Waals surface area contributed by atoms with Crippen LogP contribution in [0.15, 0.2) is 24.3 Å². The van der Waals surface area contributed by atoms with Crippen LogP contribution < -0.4 is 10.6 Å². The molecule has 0 fully saturated rings. The Morgan fingerprint density at radius 3 is 2.50 bits per heavy atom. The summed E-state index contributed by atoms with van der Waals surface area (Å²) in [5.74, 6) is 0.574. The Kier molecular flexibility index (Phi) is 4.53. The molecule has 4 rings (SSSR count). The zero-order valence-electron chi connectivity index (χ0n) is 15.9. The molecule has 1 aromatic heterocycles. The van der Waals surface area contributed by atoms with E-state index in [1.165, 1.54) is 16.0 Å². The molecule has 2 N–H and O–H groups in total. The minimum atomic E-state index is -0.155. The average molecular weight is 370 g/mol. The van der Waals surface area contributed by atoms with Crippen molar-refractivity contribution in [2.75, 3.05) is 11.9 Å². The molecule has 0 unspecified atom stereocenters. The van der Waals surface area contributed by atoms with Gasteiger partial charge in [0.25, 0.3) is 5.91 Å². The molecule has 1 atom stereocenters. The van der Waals surface area contributed by atoms with Gasteiger partial charge in [0.2, 0.25) is 0 Å². The second kappa shape index (κ2) is 6.71. The predicted molar refractivity (Wildman–Crippen MR) is 108 cm³/mol. The third-order valence-corrected chi connectivity index (χ3v) is 6.68. The van der Waals surface area contributed by atoms with Gasteiger partial charge < -0.3 is 10.6 Å². The molecule has 4 nitrogen and oxygen atoms in total. The van der Waals surface area contributed by atoms with Gasteiger partial charge in [-0.25, -0.2) is 0 Å². The Bertz CT molecular complexity index is 823. The number of nitrogens with zero attached hydrogens (tertiary/aromatic N) is 1. The molecule has 0 bridgehead atoms. The van der Waals surface area contributed by atoms with E-state index >= 15 is 0 Å². The van der Waals surface area contributed by atoms with Gasteiger partial charge in [0, 0.05) is 24.0 Å². The lowest BCUT2D eigenvalue weighted by Crippen LogP contribution is -2.39. The third-order valence-electron chi connectivity index (χ3n) is 5.53. The number of carbonyl (C=O) groups excluding carboxylic acids is 1. The van der Waals surface area contributed by atoms with Gasteiger partial charge in [0.1, 0.15) is 11.2 Å². The molecule has 2 aromatic rings. The fourth-order valence-corrected chi connectivity index (χ4v) is 5.12. The largest absolute Gasteiger partial charge is 0.353 e. The van der Waals surface area contributed by atoms with Crippen LogP contribution in [-0.2, 0) is 13.0 Å². The Morgan fingerprint density at radius 1 is 1.12 bits per heavy atom. The summed E-state index contributed by atoms with van der Waals surface area (Å²) < 4.78 is 0. The molecule has 1 amide bonds. The predicted octanol–water partition coefficient (Wildman–Crippen LogP) is 4.49. The van der Waals surface area contributed by atoms with Crippen molar-refractivity contribution in [3.05, 3.63) is 51.4 Å². The number of anilines is 1. The Hall–Kier alpha value is -1.85. The highest BCUT2D eigenvalue weighted by atomic mass is 32.1. The number of fused-ring (bicyclic) bond motifs is 3. The van der Waals surface area contributed by atoms with E-state index in [1.54, 1.807) is 11.3 Å². The second-order valence-electron chi connectivity index (χ2n) is 7.89. The van der Waals surface area contributed by atoms with E-state index in [-0.39, 0.29) is 12.1 Å². The number of benzene rings is 1. The summed E-state index contributed by atoms with van der Waals surface area (Å²) in [6.07, 6.45) is 0.805. The average Bonchev–Trinajstić information content (AvgIpc) is 2.99. The van der Waals surface area contributed by atoms with Crippen molar-refractivity contribution in [2.45, 2.75) is 58.8 Å². The smallest absolute Gasteiger partial charge is 0.256 e. The van der Waals surface area contributed by atoms with E-state index in [4.69, 9.17) is 0 Å². The molecule has 1 aromatic carbocycles. The monoisotopic (exact) mass is 369 g/mol. The number of nitrogens with one attached hydrogen (secondary N) is 2. The molecule has 2 aliphatic heterocycles. The van der Waals surface area contributed by atoms with Crippen LogP contribution in [0.4, 0.5) is 5.00 Å². The van der Waals surface area contributed by atoms with Crippen LogP contribution in [0.25, 0.3) is 0 Å². The van der Waals surface area contributed by atoms with Crippen molar-refractivity contribution < 1.29 is 4.79 Å². The fourth-order valence-electron chi connectivity index (χ4n) is 3.82. The van der Waals surface area contributed by atoms with E-state index < -0.39 is 0 Å². The van der Waals surface area contributed by atoms with Crippen molar-refractivity contribution in [1.82, 2.24) is 10.2 Å². The van der Waals surface area contributed by atoms with Crippen LogP contribution in [0.5, 0.6) is 0 Å². The second-order valence-corrected chi connectivity index (χ2v) is 9.00. The Morgan fingerprint density at radius 2 is 1.85 bits per heavy atom. The summed E-state index contributed by atoms with van der Waals surface area (Å²) in [6.45, 7) is 10.8. The van der Waals surface area contributed by atoms with Crippen molar-refractivity contribution >= 4 is 22.2 Å². The van der Waals surface area contributed by atoms with Gasteiger partial charge in [-0.05, 0) is 42.9 Å². The van der Waals surface area contributed by atoms with Crippen LogP contribution >= 0.6 is 11.3 Å². The first-order valence-corrected chi connectivity index (χ1v) is 10.3. The molecule has 26 heavy (non-hydrogen) atoms. The van der Waals surface area contributed by atoms with Gasteiger partial charge in [-0.15, -0.1) is 11.3 Å². The molecule has 138 valence electrons. The molecular weight excluding hydrogens is 342 g/mol. The summed E-state index contributed by atoms with van der Waals surface area (Å²) in [4.78, 5) is 16.7. The Labute approximate surface area is 159 Å². The van der Waals surface area contributed by atoms with Crippen LogP contribution in [0.3, 0.4) is 0 Å². The molecule has 0 spiro atoms. The summed E-state index contributed by atoms with van der Waals surface area (Å²) in [5, 5.41) is 7.74. The lowest BCUT2D eigenvalue weighted by molar-refractivity contribution is 0.0934. The zero-order chi connectivity index (χ0) is 18.4. The molecular formula is C21H27N3OS. The van der Waals surface area contributed by atoms with Crippen LogP contribution in [0.2, 0.25) is 0 Å². The van der Waals surface area contributed by atoms with Crippen molar-refractivity contribution in [2.24, 2.45) is 0 Å². The topological polar surface area (TPSA) is 44.4 Å². The lowest BCUT2D eigenvalue weighted by atomic mass is 9.98. The maximum Gasteiger partial charge on any atom is 0.256 e. The fraction of sp³-hybridized carbons (Fsp3) is 0.476. The maximum atomic E-state index is 12.8. The molecule has 3 heterocycles. The minimum Gasteiger partial charge on any atom is -0.353 e. The number of rotatable bonds is 3. The minimum absolute atomic E-state index is 0.0622. The van der Waals surface area contributed by atoms with Crippen LogP contribution in [0.1, 0.15) is 71.7 Å². The van der Waals surface area contributed by atoms with Gasteiger partial charge in [0.05, 0.1) is 5.56 Å². The first-order valence-electron chi connectivity index (χ1n) is 9.50. The van der Waals surface area contributed by atoms with Crippen molar-refractivity contribution in [3.8, 4) is 0 Å². The zero-order valence-corrected chi connectivity index (χ0v) is 16.7. The number of hydrogen-bond acceptors (Lipinski definition) is 4. The normalized spacial score (nSPS) is 19.9. The number of hydrogen-bond donors (Lipinski definition) is 2. The van der Waals surface area contributed by atoms with Gasteiger partial charge in [-0.3, -0.25) is 9.69 Å². The van der Waals surface area contributed by atoms with E-state index in [0.29, 0.717) is 12.0 Å². The molecule has 5 heteroatoms. The number of thiophene rings is 1. The van der Waals surface area contributed by atoms with Gasteiger partial charge in [-0.2, -0.15) is 0 Å². The lowest BCUT2D eigenvalue weighted by Gasteiger charge is -2.31. The number of carbonyl (C=O) groups is 1. The van der Waals surface area contributed by atoms with Gasteiger partial charge >= 0.3 is 0 Å². The highest BCUT2D eigenvalue weighted by molar-refractivity contribution is 7.16. The van der Waals surface area contributed by atoms with E-state index in [1.807, 2.05) is 0 Å². The SMILES string of the molecule is CC(C)c1ccc([C@H]2NC(=O)c3c(sc4c3CCN(C(C)C)C4)N2)cc1. The third kappa shape index (κ3) is 3.03. The highest BCUT2D eigenvalue weighted by Crippen LogP contribution is 2.41. The first-order chi connectivity index (χ1) is 12.4. The van der Waals surface area contributed by atoms with E-state index in [2.05, 4.69) is 67.5 Å². The van der Waals surface area contributed by atoms with Crippen molar-refractivity contribution in [3.63, 3.8) is 0 Å². The molecule has 2 aliphatic rings. The standard InChI is InChI=1S/C21H27N3OS/c1-12(2)14-5-7-15(8-6-14)19-22-20(25)18-16-9-10-24(13(3)4)11-17(16)26-21(18)23-19/h5-8,12-13,19,23H,9-11H2,1-4H3,(H,22,25)/t19-/m0/s1. The van der Waals surface area contributed by atoms with Gasteiger partial charge in [0.15, 0.2) is 0 Å². The Balaban J connectivity index is 1.60. The molecule has 0 saturated carbocycles. The summed E-state index contributed by atoms with van der Waals surface area (Å²) in [5.41, 5.74) is 4.55. The summed E-state index contributed by atoms with van der Waals surface area (Å²) >= 11 is 1.76. The first kappa shape index (κ1) is 17.6. The van der Waals surface area contributed by atoms with Crippen molar-refractivity contribution in [1.29, 1.82) is 0 Å². The van der Waals surface area contributed by atoms with Crippen LogP contribution in [-0.4, -0.2) is 23.4 Å². The van der Waals surface area contributed by atoms with E-state index in [9.17, 15) is 4.79 Å². The molecule has 0 aliphatic carbocycles. The van der Waals surface area contributed by atoms with Crippen LogP contribution in [0, 0.1) is 0 Å². The van der Waals surface area contributed by atoms with E-state index in [0.717, 1.165) is 35.6 Å². The number of amides is 1. The summed E-state index contributed by atoms with van der Waals surface area (Å²) in [7, 11) is 0. The molecule has 0 radical (unpaired) electrons. The summed E-state index contributed by atoms with van der Waals surface area (Å²) in [6, 6.07) is 9.09. The molecule has 0 saturated heterocycles. The maximum absolute atomic E-state index is 12.8. The van der Waals surface area contributed by atoms with Gasteiger partial charge in [-0.1, -0.05) is 38.1 Å². The highest BCUT2D eigenvalue weighted by Gasteiger charge is 2.33.